The molecule has 0 bridgehead atoms. The number of aliphatic hydroxyl groups is 1. The fourth-order valence-corrected chi connectivity index (χ4v) is 5.69. The predicted octanol–water partition coefficient (Wildman–Crippen LogP) is 4.24. The van der Waals surface area contributed by atoms with Crippen LogP contribution < -0.4 is 10.6 Å². The number of nitrogens with one attached hydrogen (secondary N) is 2. The van der Waals surface area contributed by atoms with Gasteiger partial charge in [0.2, 0.25) is 5.91 Å². The standard InChI is InChI=1S/C31H44FN3O5/c1-5-22-10-6-11-23(18-22)29-26(13-7-14-27(29)32)31(38,15-9-16-34-30(37)40-4)24-12-8-17-35(21-24)28(36)19-25(39-3)20-33-2/h6-7,10-11,13-14,18,24-25,33,38H,5,8-9,12,15-17,19-21H2,1-4H3,(H,34,37)/t24-,25?,31?/m1/s1. The number of hydrogen-bond acceptors (Lipinski definition) is 6. The highest BCUT2D eigenvalue weighted by Crippen LogP contribution is 2.44. The number of halogens is 1. The number of carbonyl (C=O) groups is 2. The van der Waals surface area contributed by atoms with Crippen LogP contribution in [-0.2, 0) is 26.3 Å². The van der Waals surface area contributed by atoms with E-state index in [2.05, 4.69) is 15.4 Å². The molecule has 1 aliphatic rings. The number of ether oxygens (including phenoxy) is 2. The van der Waals surface area contributed by atoms with Crippen molar-refractivity contribution in [2.75, 3.05) is 47.4 Å². The van der Waals surface area contributed by atoms with Crippen molar-refractivity contribution < 1.29 is 28.6 Å². The molecule has 2 amide bonds. The summed E-state index contributed by atoms with van der Waals surface area (Å²) >= 11 is 0. The largest absolute Gasteiger partial charge is 0.453 e. The van der Waals surface area contributed by atoms with Gasteiger partial charge in [-0.25, -0.2) is 9.18 Å². The summed E-state index contributed by atoms with van der Waals surface area (Å²) in [7, 11) is 4.71. The third-order valence-electron chi connectivity index (χ3n) is 7.91. The first-order valence-electron chi connectivity index (χ1n) is 14.1. The van der Waals surface area contributed by atoms with E-state index in [1.165, 1.54) is 13.2 Å². The molecule has 220 valence electrons. The quantitative estimate of drug-likeness (QED) is 0.319. The number of methoxy groups -OCH3 is 2. The number of alkyl carbamates (subject to hydrolysis) is 1. The van der Waals surface area contributed by atoms with Crippen LogP contribution in [0.1, 0.15) is 50.2 Å². The number of hydrogen-bond donors (Lipinski definition) is 3. The van der Waals surface area contributed by atoms with Crippen LogP contribution in [0.4, 0.5) is 9.18 Å². The normalized spacial score (nSPS) is 17.6. The fraction of sp³-hybridized carbons (Fsp3) is 0.548. The number of aryl methyl sites for hydroxylation is 1. The number of benzene rings is 2. The Morgan fingerprint density at radius 1 is 1.23 bits per heavy atom. The molecule has 3 rings (SSSR count). The number of piperidine rings is 1. The predicted molar refractivity (Wildman–Crippen MR) is 153 cm³/mol. The molecular formula is C31H44FN3O5. The lowest BCUT2D eigenvalue weighted by Crippen LogP contribution is -2.49. The zero-order valence-electron chi connectivity index (χ0n) is 24.2. The van der Waals surface area contributed by atoms with Gasteiger partial charge in [0, 0.05) is 44.8 Å². The van der Waals surface area contributed by atoms with Crippen molar-refractivity contribution in [1.82, 2.24) is 15.5 Å². The van der Waals surface area contributed by atoms with Gasteiger partial charge in [0.25, 0.3) is 0 Å². The van der Waals surface area contributed by atoms with Crippen LogP contribution in [-0.4, -0.2) is 75.6 Å². The van der Waals surface area contributed by atoms with Gasteiger partial charge in [0.1, 0.15) is 5.82 Å². The van der Waals surface area contributed by atoms with Gasteiger partial charge in [-0.15, -0.1) is 0 Å². The molecule has 0 saturated carbocycles. The maximum atomic E-state index is 15.6. The molecule has 0 spiro atoms. The van der Waals surface area contributed by atoms with Crippen LogP contribution in [0.25, 0.3) is 11.1 Å². The first-order chi connectivity index (χ1) is 19.3. The Morgan fingerprint density at radius 3 is 2.70 bits per heavy atom. The molecular weight excluding hydrogens is 513 g/mol. The highest BCUT2D eigenvalue weighted by Gasteiger charge is 2.43. The van der Waals surface area contributed by atoms with Gasteiger partial charge in [0.05, 0.1) is 25.2 Å². The lowest BCUT2D eigenvalue weighted by Gasteiger charge is -2.44. The highest BCUT2D eigenvalue weighted by atomic mass is 19.1. The molecule has 9 heteroatoms. The number of amides is 2. The van der Waals surface area contributed by atoms with Crippen molar-refractivity contribution in [3.63, 3.8) is 0 Å². The molecule has 0 aromatic heterocycles. The van der Waals surface area contributed by atoms with Crippen LogP contribution in [0, 0.1) is 11.7 Å². The third-order valence-corrected chi connectivity index (χ3v) is 7.91. The smallest absolute Gasteiger partial charge is 0.406 e. The van der Waals surface area contributed by atoms with Crippen LogP contribution in [0.5, 0.6) is 0 Å². The molecule has 0 radical (unpaired) electrons. The Labute approximate surface area is 237 Å². The van der Waals surface area contributed by atoms with E-state index in [0.717, 1.165) is 18.4 Å². The zero-order valence-corrected chi connectivity index (χ0v) is 24.2. The molecule has 2 aromatic carbocycles. The Balaban J connectivity index is 1.98. The average Bonchev–Trinajstić information content (AvgIpc) is 2.98. The summed E-state index contributed by atoms with van der Waals surface area (Å²) in [5.74, 6) is -0.768. The van der Waals surface area contributed by atoms with Crippen molar-refractivity contribution in [2.24, 2.45) is 5.92 Å². The summed E-state index contributed by atoms with van der Waals surface area (Å²) in [5, 5.41) is 18.3. The molecule has 1 saturated heterocycles. The summed E-state index contributed by atoms with van der Waals surface area (Å²) in [4.78, 5) is 26.7. The molecule has 1 aliphatic heterocycles. The van der Waals surface area contributed by atoms with E-state index in [9.17, 15) is 14.7 Å². The first-order valence-corrected chi connectivity index (χ1v) is 14.1. The van der Waals surface area contributed by atoms with E-state index in [0.29, 0.717) is 55.7 Å². The highest BCUT2D eigenvalue weighted by molar-refractivity contribution is 5.77. The molecule has 1 heterocycles. The van der Waals surface area contributed by atoms with Crippen molar-refractivity contribution in [1.29, 1.82) is 0 Å². The second kappa shape index (κ2) is 15.1. The Hall–Kier alpha value is -3.01. The molecule has 3 N–H and O–H groups in total. The Morgan fingerprint density at radius 2 is 2.00 bits per heavy atom. The van der Waals surface area contributed by atoms with Gasteiger partial charge in [-0.3, -0.25) is 4.79 Å². The lowest BCUT2D eigenvalue weighted by atomic mass is 9.72. The van der Waals surface area contributed by atoms with Crippen LogP contribution in [0.2, 0.25) is 0 Å². The lowest BCUT2D eigenvalue weighted by molar-refractivity contribution is -0.139. The van der Waals surface area contributed by atoms with E-state index < -0.39 is 17.5 Å². The van der Waals surface area contributed by atoms with Crippen LogP contribution in [0.15, 0.2) is 42.5 Å². The molecule has 0 aliphatic carbocycles. The number of nitrogens with zero attached hydrogens (tertiary/aromatic N) is 1. The molecule has 8 nitrogen and oxygen atoms in total. The van der Waals surface area contributed by atoms with Crippen molar-refractivity contribution in [3.8, 4) is 11.1 Å². The third kappa shape index (κ3) is 7.80. The average molecular weight is 558 g/mol. The SMILES string of the molecule is CCc1cccc(-c2c(F)cccc2C(O)(CCCNC(=O)OC)[C@@H]2CCCN(C(=O)CC(CNC)OC)C2)c1. The second-order valence-electron chi connectivity index (χ2n) is 10.5. The number of likely N-dealkylation sites (tertiary alicyclic amines) is 1. The minimum Gasteiger partial charge on any atom is -0.453 e. The van der Waals surface area contributed by atoms with Crippen LogP contribution >= 0.6 is 0 Å². The molecule has 2 unspecified atom stereocenters. The Bertz CT molecular complexity index is 1130. The summed E-state index contributed by atoms with van der Waals surface area (Å²) in [6, 6.07) is 12.6. The minimum atomic E-state index is -1.44. The van der Waals surface area contributed by atoms with Gasteiger partial charge in [0.15, 0.2) is 0 Å². The minimum absolute atomic E-state index is 0.0309. The molecule has 1 fully saturated rings. The topological polar surface area (TPSA) is 100 Å². The fourth-order valence-electron chi connectivity index (χ4n) is 5.69. The zero-order chi connectivity index (χ0) is 29.1. The summed E-state index contributed by atoms with van der Waals surface area (Å²) in [6.45, 7) is 3.84. The van der Waals surface area contributed by atoms with Gasteiger partial charge in [-0.1, -0.05) is 43.3 Å². The van der Waals surface area contributed by atoms with E-state index in [4.69, 9.17) is 4.74 Å². The number of likely N-dealkylation sites (N-methyl/N-ethyl adjacent to an activating group) is 1. The first kappa shape index (κ1) is 31.5. The molecule has 3 atom stereocenters. The van der Waals surface area contributed by atoms with E-state index in [-0.39, 0.29) is 30.8 Å². The van der Waals surface area contributed by atoms with Gasteiger partial charge < -0.3 is 30.1 Å². The van der Waals surface area contributed by atoms with Crippen molar-refractivity contribution in [2.45, 2.75) is 57.2 Å². The van der Waals surface area contributed by atoms with Gasteiger partial charge in [-0.2, -0.15) is 0 Å². The van der Waals surface area contributed by atoms with E-state index >= 15 is 4.39 Å². The van der Waals surface area contributed by atoms with Crippen molar-refractivity contribution in [3.05, 3.63) is 59.4 Å². The number of carbonyl (C=O) groups excluding carboxylic acids is 2. The van der Waals surface area contributed by atoms with E-state index in [1.54, 1.807) is 24.1 Å². The maximum absolute atomic E-state index is 15.6. The summed E-state index contributed by atoms with van der Waals surface area (Å²) < 4.78 is 25.7. The molecule has 40 heavy (non-hydrogen) atoms. The number of rotatable bonds is 13. The summed E-state index contributed by atoms with van der Waals surface area (Å²) in [6.07, 6.45) is 2.36. The monoisotopic (exact) mass is 557 g/mol. The Kier molecular flexibility index (Phi) is 11.9. The second-order valence-corrected chi connectivity index (χ2v) is 10.5. The summed E-state index contributed by atoms with van der Waals surface area (Å²) in [5.41, 5.74) is 1.21. The van der Waals surface area contributed by atoms with Gasteiger partial charge >= 0.3 is 6.09 Å². The van der Waals surface area contributed by atoms with Crippen molar-refractivity contribution >= 4 is 12.0 Å². The van der Waals surface area contributed by atoms with E-state index in [1.807, 2.05) is 38.2 Å². The van der Waals surface area contributed by atoms with Crippen LogP contribution in [0.3, 0.4) is 0 Å². The molecule has 2 aromatic rings. The van der Waals surface area contributed by atoms with Gasteiger partial charge in [-0.05, 0) is 61.9 Å². The maximum Gasteiger partial charge on any atom is 0.406 e.